The topological polar surface area (TPSA) is 175 Å². The van der Waals surface area contributed by atoms with E-state index < -0.39 is 67.4 Å². The molecule has 0 aromatic heterocycles. The highest BCUT2D eigenvalue weighted by atomic mass is 16.7. The highest BCUT2D eigenvalue weighted by Gasteiger charge is 2.47. The van der Waals surface area contributed by atoms with Crippen LogP contribution in [-0.2, 0) is 23.8 Å². The van der Waals surface area contributed by atoms with Gasteiger partial charge in [-0.3, -0.25) is 9.59 Å². The first-order valence-corrected chi connectivity index (χ1v) is 32.0. The Morgan fingerprint density at radius 3 is 1.39 bits per heavy atom. The van der Waals surface area contributed by atoms with Crippen LogP contribution >= 0.6 is 0 Å². The molecule has 0 spiro atoms. The molecule has 0 aromatic carbocycles. The van der Waals surface area contributed by atoms with Gasteiger partial charge < -0.3 is 45.1 Å². The molecule has 1 amide bonds. The van der Waals surface area contributed by atoms with Crippen LogP contribution in [0.2, 0.25) is 0 Å². The molecule has 1 fully saturated rings. The SMILES string of the molecule is CC/C=C\C/C=C\C/C=C\C/C=C\C/C=C\CCC(O)C(=O)NC(COC1OC(CO)C(O)C(O)C1OC(=O)CCCCCCCCCCCCC/C=C\C/C=C\CCCCC)C(O)/C=C/CCCCCCCCCCCCC. The summed E-state index contributed by atoms with van der Waals surface area (Å²) in [6, 6.07) is -1.06. The Hall–Kier alpha value is -3.42. The van der Waals surface area contributed by atoms with Crippen molar-refractivity contribution in [1.29, 1.82) is 0 Å². The minimum absolute atomic E-state index is 0.110. The van der Waals surface area contributed by atoms with Crippen LogP contribution in [0.3, 0.4) is 0 Å². The number of carbonyl (C=O) groups excluding carboxylic acids is 2. The van der Waals surface area contributed by atoms with Gasteiger partial charge in [-0.25, -0.2) is 0 Å². The lowest BCUT2D eigenvalue weighted by Crippen LogP contribution is -2.61. The molecular formula is C68H117NO10. The predicted octanol–water partition coefficient (Wildman–Crippen LogP) is 15.5. The van der Waals surface area contributed by atoms with Crippen LogP contribution in [0.1, 0.15) is 258 Å². The molecule has 454 valence electrons. The minimum Gasteiger partial charge on any atom is -0.454 e. The maximum Gasteiger partial charge on any atom is 0.306 e. The Labute approximate surface area is 482 Å². The van der Waals surface area contributed by atoms with Gasteiger partial charge in [-0.15, -0.1) is 0 Å². The van der Waals surface area contributed by atoms with Crippen molar-refractivity contribution >= 4 is 11.9 Å². The smallest absolute Gasteiger partial charge is 0.306 e. The van der Waals surface area contributed by atoms with Gasteiger partial charge >= 0.3 is 5.97 Å². The van der Waals surface area contributed by atoms with Gasteiger partial charge in [0.05, 0.1) is 25.4 Å². The molecule has 0 aliphatic carbocycles. The third-order valence-corrected chi connectivity index (χ3v) is 14.5. The zero-order chi connectivity index (χ0) is 57.5. The lowest BCUT2D eigenvalue weighted by Gasteiger charge is -2.41. The number of amides is 1. The maximum atomic E-state index is 13.4. The summed E-state index contributed by atoms with van der Waals surface area (Å²) in [5.41, 5.74) is 0. The lowest BCUT2D eigenvalue weighted by molar-refractivity contribution is -0.305. The van der Waals surface area contributed by atoms with Gasteiger partial charge in [0.25, 0.3) is 0 Å². The van der Waals surface area contributed by atoms with Gasteiger partial charge in [-0.1, -0.05) is 253 Å². The molecule has 8 atom stereocenters. The molecule has 1 aliphatic rings. The van der Waals surface area contributed by atoms with E-state index in [-0.39, 0.29) is 19.4 Å². The molecule has 0 radical (unpaired) electrons. The maximum absolute atomic E-state index is 13.4. The zero-order valence-corrected chi connectivity index (χ0v) is 50.2. The van der Waals surface area contributed by atoms with Crippen LogP contribution in [-0.4, -0.2) is 99.6 Å². The number of carbonyl (C=O) groups is 2. The summed E-state index contributed by atoms with van der Waals surface area (Å²) in [5, 5.41) is 57.0. The fourth-order valence-corrected chi connectivity index (χ4v) is 9.42. The van der Waals surface area contributed by atoms with Crippen molar-refractivity contribution in [3.05, 3.63) is 97.2 Å². The molecule has 0 bridgehead atoms. The van der Waals surface area contributed by atoms with Crippen LogP contribution in [0.5, 0.6) is 0 Å². The number of hydrogen-bond acceptors (Lipinski definition) is 10. The second kappa shape index (κ2) is 55.1. The summed E-state index contributed by atoms with van der Waals surface area (Å²) in [6.07, 6.45) is 63.1. The van der Waals surface area contributed by atoms with Gasteiger partial charge in [0.2, 0.25) is 5.91 Å². The van der Waals surface area contributed by atoms with E-state index in [1.807, 2.05) is 18.2 Å². The van der Waals surface area contributed by atoms with Crippen molar-refractivity contribution in [3.63, 3.8) is 0 Å². The predicted molar refractivity (Wildman–Crippen MR) is 329 cm³/mol. The van der Waals surface area contributed by atoms with Crippen molar-refractivity contribution in [2.45, 2.75) is 307 Å². The number of allylic oxidation sites excluding steroid dienone is 15. The minimum atomic E-state index is -1.63. The second-order valence-electron chi connectivity index (χ2n) is 21.8. The van der Waals surface area contributed by atoms with E-state index in [1.165, 1.54) is 122 Å². The number of esters is 1. The second-order valence-corrected chi connectivity index (χ2v) is 21.8. The lowest BCUT2D eigenvalue weighted by atomic mass is 9.99. The zero-order valence-electron chi connectivity index (χ0n) is 50.2. The number of rotatable bonds is 53. The first-order chi connectivity index (χ1) is 38.7. The number of unbranched alkanes of at least 4 members (excludes halogenated alkanes) is 25. The fraction of sp³-hybridized carbons (Fsp3) is 0.735. The van der Waals surface area contributed by atoms with Crippen LogP contribution in [0.15, 0.2) is 97.2 Å². The molecule has 79 heavy (non-hydrogen) atoms. The Bertz CT molecular complexity index is 1650. The van der Waals surface area contributed by atoms with Crippen LogP contribution in [0.25, 0.3) is 0 Å². The highest BCUT2D eigenvalue weighted by Crippen LogP contribution is 2.26. The van der Waals surface area contributed by atoms with Crippen molar-refractivity contribution in [2.75, 3.05) is 13.2 Å². The summed E-state index contributed by atoms with van der Waals surface area (Å²) < 4.78 is 17.6. The van der Waals surface area contributed by atoms with Gasteiger partial charge in [0.1, 0.15) is 24.4 Å². The molecule has 1 heterocycles. The third kappa shape index (κ3) is 43.0. The number of aliphatic hydroxyl groups excluding tert-OH is 5. The van der Waals surface area contributed by atoms with E-state index in [9.17, 15) is 35.1 Å². The van der Waals surface area contributed by atoms with Crippen LogP contribution < -0.4 is 5.32 Å². The van der Waals surface area contributed by atoms with E-state index in [1.54, 1.807) is 6.08 Å². The summed E-state index contributed by atoms with van der Waals surface area (Å²) in [5.74, 6) is -1.26. The monoisotopic (exact) mass is 1110 g/mol. The van der Waals surface area contributed by atoms with E-state index in [0.29, 0.717) is 12.8 Å². The molecule has 11 heteroatoms. The number of ether oxygens (including phenoxy) is 3. The van der Waals surface area contributed by atoms with E-state index >= 15 is 0 Å². The summed E-state index contributed by atoms with van der Waals surface area (Å²) in [4.78, 5) is 26.6. The van der Waals surface area contributed by atoms with E-state index in [4.69, 9.17) is 14.2 Å². The number of hydrogen-bond donors (Lipinski definition) is 6. The first kappa shape index (κ1) is 73.6. The average molecular weight is 1110 g/mol. The molecule has 1 rings (SSSR count). The van der Waals surface area contributed by atoms with E-state index in [0.717, 1.165) is 89.9 Å². The molecule has 6 N–H and O–H groups in total. The summed E-state index contributed by atoms with van der Waals surface area (Å²) in [6.45, 7) is 5.62. The molecule has 0 aromatic rings. The third-order valence-electron chi connectivity index (χ3n) is 14.5. The molecule has 1 aliphatic heterocycles. The van der Waals surface area contributed by atoms with Crippen molar-refractivity contribution in [1.82, 2.24) is 5.32 Å². The molecule has 0 saturated carbocycles. The van der Waals surface area contributed by atoms with Crippen LogP contribution in [0, 0.1) is 0 Å². The summed E-state index contributed by atoms with van der Waals surface area (Å²) in [7, 11) is 0. The number of nitrogens with one attached hydrogen (secondary N) is 1. The molecular weight excluding hydrogens is 991 g/mol. The van der Waals surface area contributed by atoms with Gasteiger partial charge in [0.15, 0.2) is 12.4 Å². The largest absolute Gasteiger partial charge is 0.454 e. The average Bonchev–Trinajstić information content (AvgIpc) is 3.49. The van der Waals surface area contributed by atoms with Crippen molar-refractivity contribution in [3.8, 4) is 0 Å². The summed E-state index contributed by atoms with van der Waals surface area (Å²) >= 11 is 0. The highest BCUT2D eigenvalue weighted by molar-refractivity contribution is 5.80. The fourth-order valence-electron chi connectivity index (χ4n) is 9.42. The standard InChI is InChI=1S/C68H117NO10/c1-4-7-10-13-16-19-22-25-27-29-30-31-32-33-35-38-41-44-47-50-53-56-63(73)79-66-65(75)64(74)62(57-70)78-68(66)77-58-59(60(71)54-51-48-45-42-39-36-24-21-18-15-12-9-6-3)69-67(76)61(72)55-52-49-46-43-40-37-34-28-26-23-20-17-14-11-8-5-2/h8,11,16-17,19-20,25-28,37,40,46,49,51,54,59-62,64-66,68,70-72,74-75H,4-7,9-10,12-15,18,21-24,29-36,38-39,41-45,47-48,50,52-53,55-58H2,1-3H3,(H,69,76)/b11-8-,19-16-,20-17-,27-25-,28-26-,40-37-,49-46-,54-51+. The number of aliphatic hydroxyl groups is 5. The normalized spacial score (nSPS) is 19.5. The van der Waals surface area contributed by atoms with Gasteiger partial charge in [-0.05, 0) is 96.3 Å². The van der Waals surface area contributed by atoms with Crippen LogP contribution in [0.4, 0.5) is 0 Å². The van der Waals surface area contributed by atoms with Gasteiger partial charge in [-0.2, -0.15) is 0 Å². The molecule has 8 unspecified atom stereocenters. The van der Waals surface area contributed by atoms with Crippen molar-refractivity contribution in [2.24, 2.45) is 0 Å². The van der Waals surface area contributed by atoms with E-state index in [2.05, 4.69) is 99.0 Å². The quantitative estimate of drug-likeness (QED) is 0.0195. The Morgan fingerprint density at radius 1 is 0.506 bits per heavy atom. The molecule has 1 saturated heterocycles. The Kier molecular flexibility index (Phi) is 51.4. The van der Waals surface area contributed by atoms with Crippen molar-refractivity contribution < 1.29 is 49.3 Å². The molecule has 11 nitrogen and oxygen atoms in total. The Balaban J connectivity index is 2.70. The van der Waals surface area contributed by atoms with Gasteiger partial charge in [0, 0.05) is 6.42 Å². The Morgan fingerprint density at radius 2 is 0.911 bits per heavy atom. The first-order valence-electron chi connectivity index (χ1n) is 32.0.